The summed E-state index contributed by atoms with van der Waals surface area (Å²) in [4.78, 5) is 19.2. The van der Waals surface area contributed by atoms with Crippen LogP contribution in [0.5, 0.6) is 0 Å². The van der Waals surface area contributed by atoms with E-state index in [0.717, 1.165) is 29.0 Å². The van der Waals surface area contributed by atoms with Gasteiger partial charge >= 0.3 is 6.18 Å². The molecule has 0 bridgehead atoms. The molecule has 1 N–H and O–H groups in total. The highest BCUT2D eigenvalue weighted by Gasteiger charge is 2.31. The fourth-order valence-electron chi connectivity index (χ4n) is 4.01. The van der Waals surface area contributed by atoms with Gasteiger partial charge in [-0.1, -0.05) is 18.2 Å². The number of carbonyl (C=O) groups is 1. The predicted molar refractivity (Wildman–Crippen MR) is 144 cm³/mol. The summed E-state index contributed by atoms with van der Waals surface area (Å²) in [5.41, 5.74) is 3.24. The number of aromatic nitrogens is 5. The number of amidine groups is 1. The SMILES string of the molecule is CC/C(=N\c1cc(NC(=O)c2ccc(C)c(-n3cc(-c4cnn(C)c4C)nn3)c2)cc(C(F)(F)F)c1)N(C)C. The molecule has 0 saturated carbocycles. The summed E-state index contributed by atoms with van der Waals surface area (Å²) in [7, 11) is 5.37. The third-order valence-corrected chi connectivity index (χ3v) is 6.32. The second-order valence-corrected chi connectivity index (χ2v) is 9.31. The molecule has 4 aromatic rings. The van der Waals surface area contributed by atoms with Crippen LogP contribution in [0, 0.1) is 13.8 Å². The molecule has 0 unspecified atom stereocenters. The highest BCUT2D eigenvalue weighted by molar-refractivity contribution is 6.05. The standard InChI is InChI=1S/C27H29F3N8O/c1-7-25(36(4)5)32-20-11-19(27(28,29)30)12-21(13-20)33-26(39)18-9-8-16(2)24(10-18)38-15-23(34-35-38)22-14-31-37(6)17(22)3/h8-15H,7H2,1-6H3,(H,33,39)/b32-25+. The Morgan fingerprint density at radius 1 is 1.13 bits per heavy atom. The van der Waals surface area contributed by atoms with Crippen LogP contribution in [0.15, 0.2) is 53.8 Å². The lowest BCUT2D eigenvalue weighted by Gasteiger charge is -2.16. The first kappa shape index (κ1) is 27.6. The Morgan fingerprint density at radius 3 is 2.49 bits per heavy atom. The van der Waals surface area contributed by atoms with Crippen LogP contribution in [-0.4, -0.2) is 55.5 Å². The first-order valence-electron chi connectivity index (χ1n) is 12.2. The Labute approximate surface area is 224 Å². The highest BCUT2D eigenvalue weighted by atomic mass is 19.4. The molecule has 0 saturated heterocycles. The largest absolute Gasteiger partial charge is 0.416 e. The van der Waals surface area contributed by atoms with Gasteiger partial charge in [-0.15, -0.1) is 5.10 Å². The molecule has 0 radical (unpaired) electrons. The summed E-state index contributed by atoms with van der Waals surface area (Å²) in [6.07, 6.45) is -0.637. The van der Waals surface area contributed by atoms with E-state index < -0.39 is 17.6 Å². The molecule has 2 aromatic carbocycles. The Bertz CT molecular complexity index is 1550. The van der Waals surface area contributed by atoms with E-state index in [1.165, 1.54) is 6.07 Å². The number of alkyl halides is 3. The number of halogens is 3. The van der Waals surface area contributed by atoms with Gasteiger partial charge in [-0.2, -0.15) is 18.3 Å². The van der Waals surface area contributed by atoms with Gasteiger partial charge < -0.3 is 10.2 Å². The number of aliphatic imine (C=N–C) groups is 1. The molecule has 4 rings (SSSR count). The number of aryl methyl sites for hydroxylation is 2. The predicted octanol–water partition coefficient (Wildman–Crippen LogP) is 5.56. The molecule has 9 nitrogen and oxygen atoms in total. The maximum atomic E-state index is 13.6. The van der Waals surface area contributed by atoms with Crippen molar-refractivity contribution < 1.29 is 18.0 Å². The molecule has 39 heavy (non-hydrogen) atoms. The van der Waals surface area contributed by atoms with Crippen molar-refractivity contribution in [1.82, 2.24) is 29.7 Å². The Morgan fingerprint density at radius 2 is 1.87 bits per heavy atom. The number of rotatable bonds is 6. The van der Waals surface area contributed by atoms with E-state index in [2.05, 4.69) is 25.7 Å². The minimum absolute atomic E-state index is 0.0139. The number of anilines is 1. The monoisotopic (exact) mass is 538 g/mol. The molecule has 2 heterocycles. The van der Waals surface area contributed by atoms with E-state index in [-0.39, 0.29) is 16.9 Å². The van der Waals surface area contributed by atoms with E-state index >= 15 is 0 Å². The van der Waals surface area contributed by atoms with Crippen molar-refractivity contribution in [2.45, 2.75) is 33.4 Å². The summed E-state index contributed by atoms with van der Waals surface area (Å²) in [6.45, 7) is 5.65. The van der Waals surface area contributed by atoms with E-state index in [0.29, 0.717) is 23.6 Å². The van der Waals surface area contributed by atoms with Gasteiger partial charge in [0.2, 0.25) is 0 Å². The van der Waals surface area contributed by atoms with Crippen molar-refractivity contribution in [1.29, 1.82) is 0 Å². The van der Waals surface area contributed by atoms with Gasteiger partial charge in [0.1, 0.15) is 11.5 Å². The number of amides is 1. The summed E-state index contributed by atoms with van der Waals surface area (Å²) < 4.78 is 44.2. The van der Waals surface area contributed by atoms with Crippen molar-refractivity contribution >= 4 is 23.1 Å². The molecular weight excluding hydrogens is 509 g/mol. The van der Waals surface area contributed by atoms with Gasteiger partial charge in [-0.05, 0) is 49.7 Å². The highest BCUT2D eigenvalue weighted by Crippen LogP contribution is 2.35. The fourth-order valence-corrected chi connectivity index (χ4v) is 4.01. The normalized spacial score (nSPS) is 12.1. The van der Waals surface area contributed by atoms with Crippen molar-refractivity contribution in [2.75, 3.05) is 19.4 Å². The maximum Gasteiger partial charge on any atom is 0.416 e. The number of hydrogen-bond donors (Lipinski definition) is 1. The smallest absolute Gasteiger partial charge is 0.366 e. The quantitative estimate of drug-likeness (QED) is 0.256. The average Bonchev–Trinajstić information content (AvgIpc) is 3.48. The van der Waals surface area contributed by atoms with Crippen LogP contribution in [0.25, 0.3) is 16.9 Å². The first-order chi connectivity index (χ1) is 18.4. The third-order valence-electron chi connectivity index (χ3n) is 6.32. The van der Waals surface area contributed by atoms with Gasteiger partial charge in [0.25, 0.3) is 5.91 Å². The van der Waals surface area contributed by atoms with Crippen LogP contribution in [0.4, 0.5) is 24.5 Å². The van der Waals surface area contributed by atoms with Gasteiger partial charge in [-0.25, -0.2) is 9.67 Å². The molecular formula is C27H29F3N8O. The molecule has 0 atom stereocenters. The Hall–Kier alpha value is -4.48. The molecule has 204 valence electrons. The summed E-state index contributed by atoms with van der Waals surface area (Å²) >= 11 is 0. The Balaban J connectivity index is 1.66. The molecule has 12 heteroatoms. The maximum absolute atomic E-state index is 13.6. The van der Waals surface area contributed by atoms with Gasteiger partial charge in [-0.3, -0.25) is 9.48 Å². The first-order valence-corrected chi connectivity index (χ1v) is 12.2. The van der Waals surface area contributed by atoms with Crippen LogP contribution >= 0.6 is 0 Å². The summed E-state index contributed by atoms with van der Waals surface area (Å²) in [6, 6.07) is 8.24. The van der Waals surface area contributed by atoms with Crippen molar-refractivity contribution in [3.63, 3.8) is 0 Å². The van der Waals surface area contributed by atoms with Crippen LogP contribution in [0.2, 0.25) is 0 Å². The lowest BCUT2D eigenvalue weighted by atomic mass is 10.1. The zero-order chi connectivity index (χ0) is 28.5. The molecule has 2 aromatic heterocycles. The lowest BCUT2D eigenvalue weighted by molar-refractivity contribution is -0.137. The molecule has 0 aliphatic heterocycles. The number of carbonyl (C=O) groups excluding carboxylic acids is 1. The fraction of sp³-hybridized carbons (Fsp3) is 0.296. The van der Waals surface area contributed by atoms with Gasteiger partial charge in [0.15, 0.2) is 0 Å². The topological polar surface area (TPSA) is 93.2 Å². The van der Waals surface area contributed by atoms with Crippen molar-refractivity contribution in [3.8, 4) is 16.9 Å². The van der Waals surface area contributed by atoms with Crippen LogP contribution in [0.3, 0.4) is 0 Å². The third kappa shape index (κ3) is 6.00. The van der Waals surface area contributed by atoms with Crippen LogP contribution in [0.1, 0.15) is 40.5 Å². The van der Waals surface area contributed by atoms with Crippen molar-refractivity contribution in [2.24, 2.45) is 12.0 Å². The minimum atomic E-state index is -4.61. The molecule has 0 aliphatic rings. The summed E-state index contributed by atoms with van der Waals surface area (Å²) in [5.74, 6) is 0.0285. The molecule has 0 spiro atoms. The second kappa shape index (κ2) is 10.7. The van der Waals surface area contributed by atoms with Crippen LogP contribution < -0.4 is 5.32 Å². The Kier molecular flexibility index (Phi) is 7.57. The average molecular weight is 539 g/mol. The minimum Gasteiger partial charge on any atom is -0.366 e. The number of nitrogens with zero attached hydrogens (tertiary/aromatic N) is 7. The molecule has 1 amide bonds. The summed E-state index contributed by atoms with van der Waals surface area (Å²) in [5, 5.41) is 15.3. The molecule has 0 fully saturated rings. The van der Waals surface area contributed by atoms with Gasteiger partial charge in [0.05, 0.1) is 29.3 Å². The van der Waals surface area contributed by atoms with E-state index in [9.17, 15) is 18.0 Å². The molecule has 0 aliphatic carbocycles. The zero-order valence-electron chi connectivity index (χ0n) is 22.5. The number of nitrogens with one attached hydrogen (secondary N) is 1. The second-order valence-electron chi connectivity index (χ2n) is 9.31. The number of benzene rings is 2. The van der Waals surface area contributed by atoms with E-state index in [4.69, 9.17) is 0 Å². The van der Waals surface area contributed by atoms with Crippen molar-refractivity contribution in [3.05, 3.63) is 71.2 Å². The van der Waals surface area contributed by atoms with Crippen LogP contribution in [-0.2, 0) is 13.2 Å². The van der Waals surface area contributed by atoms with Gasteiger partial charge in [0, 0.05) is 50.1 Å². The van der Waals surface area contributed by atoms with E-state index in [1.807, 2.05) is 27.8 Å². The lowest BCUT2D eigenvalue weighted by Crippen LogP contribution is -2.20. The van der Waals surface area contributed by atoms with E-state index in [1.54, 1.807) is 59.0 Å². The number of hydrogen-bond acceptors (Lipinski definition) is 5. The zero-order valence-corrected chi connectivity index (χ0v) is 22.5.